The van der Waals surface area contributed by atoms with E-state index in [1.165, 1.54) is 22.1 Å². The van der Waals surface area contributed by atoms with Gasteiger partial charge < -0.3 is 15.5 Å². The van der Waals surface area contributed by atoms with Crippen molar-refractivity contribution in [3.8, 4) is 28.1 Å². The molecule has 0 aliphatic carbocycles. The van der Waals surface area contributed by atoms with Crippen molar-refractivity contribution < 1.29 is 4.74 Å². The first-order valence-electron chi connectivity index (χ1n) is 10.4. The Kier molecular flexibility index (Phi) is 5.97. The number of nitrogens with one attached hydrogen (secondary N) is 1. The molecule has 1 heterocycles. The molecule has 29 heavy (non-hydrogen) atoms. The molecule has 0 unspecified atom stereocenters. The summed E-state index contributed by atoms with van der Waals surface area (Å²) in [6, 6.07) is 25.5. The van der Waals surface area contributed by atoms with Gasteiger partial charge in [-0.15, -0.1) is 0 Å². The lowest BCUT2D eigenvalue weighted by Gasteiger charge is -2.11. The fraction of sp³-hybridized carbons (Fsp3) is 0.231. The van der Waals surface area contributed by atoms with Crippen LogP contribution < -0.4 is 10.5 Å². The van der Waals surface area contributed by atoms with Crippen LogP contribution in [0.1, 0.15) is 25.3 Å². The SMILES string of the molecule is CCOc1ccccc1-c1[nH]c2ccc(-c3ccccc3)cc2c1CCCCN. The maximum atomic E-state index is 5.92. The van der Waals surface area contributed by atoms with Crippen LogP contribution in [-0.2, 0) is 6.42 Å². The van der Waals surface area contributed by atoms with Crippen LogP contribution in [-0.4, -0.2) is 18.1 Å². The number of fused-ring (bicyclic) bond motifs is 1. The van der Waals surface area contributed by atoms with Crippen molar-refractivity contribution in [2.24, 2.45) is 5.73 Å². The van der Waals surface area contributed by atoms with Gasteiger partial charge in [-0.3, -0.25) is 0 Å². The fourth-order valence-electron chi connectivity index (χ4n) is 3.95. The molecule has 0 atom stereocenters. The highest BCUT2D eigenvalue weighted by atomic mass is 16.5. The van der Waals surface area contributed by atoms with E-state index in [9.17, 15) is 0 Å². The van der Waals surface area contributed by atoms with E-state index in [1.54, 1.807) is 0 Å². The lowest BCUT2D eigenvalue weighted by Crippen LogP contribution is -2.00. The minimum atomic E-state index is 0.651. The van der Waals surface area contributed by atoms with Gasteiger partial charge in [0, 0.05) is 16.5 Å². The average Bonchev–Trinajstić information content (AvgIpc) is 3.13. The van der Waals surface area contributed by atoms with Crippen molar-refractivity contribution in [3.05, 3.63) is 78.4 Å². The van der Waals surface area contributed by atoms with E-state index < -0.39 is 0 Å². The van der Waals surface area contributed by atoms with E-state index in [0.29, 0.717) is 6.61 Å². The van der Waals surface area contributed by atoms with Gasteiger partial charge in [-0.2, -0.15) is 0 Å². The molecule has 4 aromatic rings. The van der Waals surface area contributed by atoms with E-state index in [1.807, 2.05) is 19.1 Å². The molecular formula is C26H28N2O. The molecule has 0 aliphatic heterocycles. The second-order valence-corrected chi connectivity index (χ2v) is 7.28. The van der Waals surface area contributed by atoms with Crippen molar-refractivity contribution in [1.29, 1.82) is 0 Å². The number of aromatic amines is 1. The van der Waals surface area contributed by atoms with Crippen LogP contribution in [0.5, 0.6) is 5.75 Å². The molecular weight excluding hydrogens is 356 g/mol. The molecule has 0 spiro atoms. The fourth-order valence-corrected chi connectivity index (χ4v) is 3.95. The maximum Gasteiger partial charge on any atom is 0.128 e. The number of aryl methyl sites for hydroxylation is 1. The molecule has 4 rings (SSSR count). The first-order valence-corrected chi connectivity index (χ1v) is 10.4. The van der Waals surface area contributed by atoms with Gasteiger partial charge in [0.1, 0.15) is 5.75 Å². The molecule has 0 radical (unpaired) electrons. The van der Waals surface area contributed by atoms with E-state index in [0.717, 1.165) is 48.3 Å². The third-order valence-corrected chi connectivity index (χ3v) is 5.35. The quantitative estimate of drug-likeness (QED) is 0.356. The predicted octanol–water partition coefficient (Wildman–Crippen LogP) is 6.18. The van der Waals surface area contributed by atoms with Crippen LogP contribution in [0.3, 0.4) is 0 Å². The van der Waals surface area contributed by atoms with Gasteiger partial charge in [0.2, 0.25) is 0 Å². The number of nitrogens with two attached hydrogens (primary N) is 1. The number of aromatic nitrogens is 1. The van der Waals surface area contributed by atoms with Crippen molar-refractivity contribution in [1.82, 2.24) is 4.98 Å². The molecule has 0 amide bonds. The van der Waals surface area contributed by atoms with Crippen LogP contribution in [0.15, 0.2) is 72.8 Å². The zero-order valence-electron chi connectivity index (χ0n) is 16.9. The molecule has 1 aromatic heterocycles. The Balaban J connectivity index is 1.86. The van der Waals surface area contributed by atoms with Crippen LogP contribution in [0.4, 0.5) is 0 Å². The summed E-state index contributed by atoms with van der Waals surface area (Å²) < 4.78 is 5.92. The Labute approximate surface area is 172 Å². The van der Waals surface area contributed by atoms with Gasteiger partial charge in [-0.05, 0) is 73.7 Å². The zero-order chi connectivity index (χ0) is 20.1. The monoisotopic (exact) mass is 384 g/mol. The summed E-state index contributed by atoms with van der Waals surface area (Å²) in [7, 11) is 0. The van der Waals surface area contributed by atoms with E-state index in [4.69, 9.17) is 10.5 Å². The van der Waals surface area contributed by atoms with E-state index in [-0.39, 0.29) is 0 Å². The first kappa shape index (κ1) is 19.3. The highest BCUT2D eigenvalue weighted by Gasteiger charge is 2.17. The number of ether oxygens (including phenoxy) is 1. The second-order valence-electron chi connectivity index (χ2n) is 7.28. The van der Waals surface area contributed by atoms with Crippen LogP contribution >= 0.6 is 0 Å². The summed E-state index contributed by atoms with van der Waals surface area (Å²) in [4.78, 5) is 3.67. The summed E-state index contributed by atoms with van der Waals surface area (Å²) in [5, 5.41) is 1.28. The molecule has 0 saturated heterocycles. The van der Waals surface area contributed by atoms with Crippen LogP contribution in [0, 0.1) is 0 Å². The molecule has 0 bridgehead atoms. The lowest BCUT2D eigenvalue weighted by molar-refractivity contribution is 0.341. The number of benzene rings is 3. The molecule has 3 N–H and O–H groups in total. The highest BCUT2D eigenvalue weighted by molar-refractivity contribution is 5.94. The van der Waals surface area contributed by atoms with Crippen molar-refractivity contribution in [3.63, 3.8) is 0 Å². The van der Waals surface area contributed by atoms with Crippen molar-refractivity contribution >= 4 is 10.9 Å². The minimum absolute atomic E-state index is 0.651. The molecule has 0 saturated carbocycles. The zero-order valence-corrected chi connectivity index (χ0v) is 16.9. The Morgan fingerprint density at radius 1 is 0.862 bits per heavy atom. The summed E-state index contributed by atoms with van der Waals surface area (Å²) in [6.45, 7) is 3.40. The van der Waals surface area contributed by atoms with E-state index >= 15 is 0 Å². The van der Waals surface area contributed by atoms with Gasteiger partial charge in [-0.25, -0.2) is 0 Å². The van der Waals surface area contributed by atoms with Gasteiger partial charge >= 0.3 is 0 Å². The molecule has 3 aromatic carbocycles. The van der Waals surface area contributed by atoms with Crippen molar-refractivity contribution in [2.45, 2.75) is 26.2 Å². The Morgan fingerprint density at radius 2 is 1.66 bits per heavy atom. The summed E-state index contributed by atoms with van der Waals surface area (Å²) >= 11 is 0. The van der Waals surface area contributed by atoms with Crippen LogP contribution in [0.2, 0.25) is 0 Å². The lowest BCUT2D eigenvalue weighted by atomic mass is 9.97. The largest absolute Gasteiger partial charge is 0.493 e. The molecule has 148 valence electrons. The third-order valence-electron chi connectivity index (χ3n) is 5.35. The second kappa shape index (κ2) is 8.97. The number of hydrogen-bond donors (Lipinski definition) is 2. The van der Waals surface area contributed by atoms with Crippen LogP contribution in [0.25, 0.3) is 33.3 Å². The molecule has 3 heteroatoms. The summed E-state index contributed by atoms with van der Waals surface area (Å²) in [5.41, 5.74) is 13.0. The smallest absolute Gasteiger partial charge is 0.128 e. The highest BCUT2D eigenvalue weighted by Crippen LogP contribution is 2.38. The normalized spacial score (nSPS) is 11.1. The minimum Gasteiger partial charge on any atom is -0.493 e. The maximum absolute atomic E-state index is 5.92. The Morgan fingerprint density at radius 3 is 2.45 bits per heavy atom. The van der Waals surface area contributed by atoms with Gasteiger partial charge in [0.15, 0.2) is 0 Å². The molecule has 3 nitrogen and oxygen atoms in total. The molecule has 0 aliphatic rings. The van der Waals surface area contributed by atoms with Crippen molar-refractivity contribution in [2.75, 3.05) is 13.2 Å². The van der Waals surface area contributed by atoms with Gasteiger partial charge in [-0.1, -0.05) is 48.5 Å². The Hall–Kier alpha value is -3.04. The number of unbranched alkanes of at least 4 members (excludes halogenated alkanes) is 1. The topological polar surface area (TPSA) is 51.0 Å². The summed E-state index contributed by atoms with van der Waals surface area (Å²) in [5.74, 6) is 0.921. The standard InChI is InChI=1S/C26H28N2O/c1-2-29-25-14-7-6-13-22(25)26-21(12-8-9-17-27)23-18-20(15-16-24(23)28-26)19-10-4-3-5-11-19/h3-7,10-11,13-16,18,28H,2,8-9,12,17,27H2,1H3. The van der Waals surface area contributed by atoms with E-state index in [2.05, 4.69) is 65.6 Å². The number of H-pyrrole nitrogens is 1. The third kappa shape index (κ3) is 4.06. The summed E-state index contributed by atoms with van der Waals surface area (Å²) in [6.07, 6.45) is 3.09. The molecule has 0 fully saturated rings. The number of para-hydroxylation sites is 1. The average molecular weight is 385 g/mol. The number of hydrogen-bond acceptors (Lipinski definition) is 2. The van der Waals surface area contributed by atoms with Gasteiger partial charge in [0.25, 0.3) is 0 Å². The first-order chi connectivity index (χ1) is 14.3. The number of rotatable bonds is 8. The van der Waals surface area contributed by atoms with Gasteiger partial charge in [0.05, 0.1) is 12.3 Å². The predicted molar refractivity (Wildman–Crippen MR) is 122 cm³/mol. The Bertz CT molecular complexity index is 1080.